The second-order valence-electron chi connectivity index (χ2n) is 10.8. The molecule has 1 aliphatic heterocycles. The third-order valence-corrected chi connectivity index (χ3v) is 9.44. The molecular formula is C26H33FN2O3. The molecule has 1 aromatic carbocycles. The molecule has 0 radical (unpaired) electrons. The van der Waals surface area contributed by atoms with Crippen molar-refractivity contribution >= 4 is 12.0 Å². The zero-order valence-electron chi connectivity index (χ0n) is 19.1. The average Bonchev–Trinajstić information content (AvgIpc) is 3.09. The lowest BCUT2D eigenvalue weighted by Gasteiger charge is -2.60. The van der Waals surface area contributed by atoms with Gasteiger partial charge in [0.1, 0.15) is 11.6 Å². The lowest BCUT2D eigenvalue weighted by atomic mass is 9.48. The molecule has 32 heavy (non-hydrogen) atoms. The van der Waals surface area contributed by atoms with E-state index in [0.29, 0.717) is 23.5 Å². The number of amides is 2. The van der Waals surface area contributed by atoms with Gasteiger partial charge in [-0.2, -0.15) is 0 Å². The van der Waals surface area contributed by atoms with Crippen molar-refractivity contribution in [1.82, 2.24) is 10.2 Å². The smallest absolute Gasteiger partial charge is 0.410 e. The average molecular weight is 441 g/mol. The summed E-state index contributed by atoms with van der Waals surface area (Å²) in [6.45, 7) is 4.69. The molecule has 5 nitrogen and oxygen atoms in total. The third kappa shape index (κ3) is 3.25. The van der Waals surface area contributed by atoms with Crippen LogP contribution >= 0.6 is 0 Å². The molecule has 3 fully saturated rings. The minimum absolute atomic E-state index is 0.0277. The van der Waals surface area contributed by atoms with E-state index < -0.39 is 6.09 Å². The molecular weight excluding hydrogens is 407 g/mol. The number of rotatable bonds is 2. The number of benzene rings is 1. The van der Waals surface area contributed by atoms with Crippen LogP contribution in [-0.2, 0) is 4.79 Å². The van der Waals surface area contributed by atoms with Gasteiger partial charge in [0.2, 0.25) is 5.91 Å². The lowest BCUT2D eigenvalue weighted by Crippen LogP contribution is -2.60. The molecule has 1 N–H and O–H groups in total. The van der Waals surface area contributed by atoms with Gasteiger partial charge in [-0.3, -0.25) is 4.79 Å². The molecule has 4 aliphatic rings. The zero-order valence-corrected chi connectivity index (χ0v) is 19.1. The first-order valence-electron chi connectivity index (χ1n) is 11.9. The van der Waals surface area contributed by atoms with Crippen LogP contribution in [0.1, 0.15) is 52.4 Å². The van der Waals surface area contributed by atoms with Crippen LogP contribution in [0.4, 0.5) is 9.18 Å². The Balaban J connectivity index is 1.31. The van der Waals surface area contributed by atoms with Gasteiger partial charge in [-0.1, -0.05) is 19.9 Å². The topological polar surface area (TPSA) is 58.6 Å². The summed E-state index contributed by atoms with van der Waals surface area (Å²) in [5.74, 6) is 1.86. The highest BCUT2D eigenvalue weighted by atomic mass is 19.1. The van der Waals surface area contributed by atoms with E-state index in [4.69, 9.17) is 4.74 Å². The van der Waals surface area contributed by atoms with Crippen molar-refractivity contribution in [3.63, 3.8) is 0 Å². The Kier molecular flexibility index (Phi) is 5.10. The maximum absolute atomic E-state index is 13.1. The quantitative estimate of drug-likeness (QED) is 0.710. The van der Waals surface area contributed by atoms with Crippen molar-refractivity contribution in [3.05, 3.63) is 42.2 Å². The Morgan fingerprint density at radius 2 is 1.84 bits per heavy atom. The fraction of sp³-hybridized carbons (Fsp3) is 0.615. The normalized spacial score (nSPS) is 40.3. The van der Waals surface area contributed by atoms with Crippen LogP contribution in [0.5, 0.6) is 5.75 Å². The van der Waals surface area contributed by atoms with Crippen LogP contribution in [0.2, 0.25) is 0 Å². The van der Waals surface area contributed by atoms with Crippen molar-refractivity contribution < 1.29 is 18.7 Å². The molecule has 6 heteroatoms. The van der Waals surface area contributed by atoms with Gasteiger partial charge in [-0.15, -0.1) is 0 Å². The van der Waals surface area contributed by atoms with Gasteiger partial charge in [0.25, 0.3) is 0 Å². The van der Waals surface area contributed by atoms with Crippen molar-refractivity contribution in [2.75, 3.05) is 7.05 Å². The van der Waals surface area contributed by atoms with E-state index >= 15 is 0 Å². The highest BCUT2D eigenvalue weighted by molar-refractivity contribution is 5.89. The van der Waals surface area contributed by atoms with Crippen LogP contribution in [0.3, 0.4) is 0 Å². The number of carbonyl (C=O) groups excluding carboxylic acids is 2. The van der Waals surface area contributed by atoms with Gasteiger partial charge in [-0.25, -0.2) is 9.18 Å². The number of nitrogens with one attached hydrogen (secondary N) is 1. The molecule has 172 valence electrons. The summed E-state index contributed by atoms with van der Waals surface area (Å²) in [5.41, 5.74) is 0.0756. The van der Waals surface area contributed by atoms with Crippen LogP contribution in [0, 0.1) is 34.4 Å². The zero-order chi connectivity index (χ0) is 22.7. The van der Waals surface area contributed by atoms with Crippen LogP contribution in [0.15, 0.2) is 36.4 Å². The number of nitrogens with zero attached hydrogens (tertiary/aromatic N) is 1. The second kappa shape index (κ2) is 7.60. The van der Waals surface area contributed by atoms with E-state index in [9.17, 15) is 14.0 Å². The summed E-state index contributed by atoms with van der Waals surface area (Å²) in [7, 11) is 1.95. The van der Waals surface area contributed by atoms with Crippen molar-refractivity contribution in [2.24, 2.45) is 28.6 Å². The summed E-state index contributed by atoms with van der Waals surface area (Å²) in [5, 5.41) is 3.13. The minimum atomic E-state index is -0.461. The standard InChI is InChI=1S/C26H33FN2O3/c1-25-14-12-20-18(8-11-22-26(20,2)15-13-23(30)29(22)3)19(25)9-10-21(25)28-24(31)32-17-6-4-16(27)5-7-17/h4-7,13,15,18-22H,8-12,14H2,1-3H3,(H,28,31)/t18-,19-,20-,21-,22+,25-,26+/m0/s1. The van der Waals surface area contributed by atoms with Crippen LogP contribution < -0.4 is 10.1 Å². The van der Waals surface area contributed by atoms with Crippen molar-refractivity contribution in [1.29, 1.82) is 0 Å². The molecule has 0 aromatic heterocycles. The first-order valence-corrected chi connectivity index (χ1v) is 11.9. The SMILES string of the molecule is CN1C(=O)C=C[C@]2(C)[C@H]3CC[C@]4(C)[C@@H](NC(=O)Oc5ccc(F)cc5)CC[C@H]4[C@@H]3CC[C@@H]12. The first kappa shape index (κ1) is 21.5. The van der Waals surface area contributed by atoms with E-state index in [0.717, 1.165) is 38.5 Å². The summed E-state index contributed by atoms with van der Waals surface area (Å²) in [4.78, 5) is 26.8. The molecule has 0 unspecified atom stereocenters. The summed E-state index contributed by atoms with van der Waals surface area (Å²) < 4.78 is 18.5. The number of carbonyl (C=O) groups is 2. The van der Waals surface area contributed by atoms with Gasteiger partial charge >= 0.3 is 6.09 Å². The predicted octanol–water partition coefficient (Wildman–Crippen LogP) is 4.92. The van der Waals surface area contributed by atoms with E-state index in [1.807, 2.05) is 11.9 Å². The van der Waals surface area contributed by atoms with Crippen molar-refractivity contribution in [3.8, 4) is 5.75 Å². The number of fused-ring (bicyclic) bond motifs is 5. The molecule has 0 spiro atoms. The summed E-state index contributed by atoms with van der Waals surface area (Å²) >= 11 is 0. The van der Waals surface area contributed by atoms with E-state index in [1.54, 1.807) is 6.08 Å². The minimum Gasteiger partial charge on any atom is -0.410 e. The van der Waals surface area contributed by atoms with E-state index in [2.05, 4.69) is 25.2 Å². The molecule has 2 amide bonds. The molecule has 1 aromatic rings. The Bertz CT molecular complexity index is 947. The molecule has 7 atom stereocenters. The Morgan fingerprint density at radius 1 is 1.09 bits per heavy atom. The Labute approximate surface area is 189 Å². The largest absolute Gasteiger partial charge is 0.412 e. The number of hydrogen-bond acceptors (Lipinski definition) is 3. The molecule has 1 heterocycles. The number of ether oxygens (including phenoxy) is 1. The van der Waals surface area contributed by atoms with Gasteiger partial charge < -0.3 is 15.0 Å². The molecule has 0 bridgehead atoms. The number of hydrogen-bond donors (Lipinski definition) is 1. The third-order valence-electron chi connectivity index (χ3n) is 9.44. The maximum atomic E-state index is 13.1. The summed E-state index contributed by atoms with van der Waals surface area (Å²) in [6, 6.07) is 5.89. The highest BCUT2D eigenvalue weighted by Gasteiger charge is 2.60. The van der Waals surface area contributed by atoms with Gasteiger partial charge in [0.05, 0.1) is 0 Å². The maximum Gasteiger partial charge on any atom is 0.412 e. The molecule has 5 rings (SSSR count). The first-order chi connectivity index (χ1) is 15.2. The number of halogens is 1. The van der Waals surface area contributed by atoms with Crippen molar-refractivity contribution in [2.45, 2.75) is 64.5 Å². The highest BCUT2D eigenvalue weighted by Crippen LogP contribution is 2.63. The fourth-order valence-electron chi connectivity index (χ4n) is 7.76. The van der Waals surface area contributed by atoms with E-state index in [-0.39, 0.29) is 34.6 Å². The van der Waals surface area contributed by atoms with Gasteiger partial charge in [0, 0.05) is 24.5 Å². The van der Waals surface area contributed by atoms with Crippen LogP contribution in [0.25, 0.3) is 0 Å². The fourth-order valence-corrected chi connectivity index (χ4v) is 7.76. The molecule has 0 saturated heterocycles. The molecule has 3 aliphatic carbocycles. The predicted molar refractivity (Wildman–Crippen MR) is 119 cm³/mol. The summed E-state index contributed by atoms with van der Waals surface area (Å²) in [6.07, 6.45) is 9.94. The van der Waals surface area contributed by atoms with Crippen LogP contribution in [-0.4, -0.2) is 36.0 Å². The second-order valence-corrected chi connectivity index (χ2v) is 10.8. The number of likely N-dealkylation sites (N-methyl/N-ethyl adjacent to an activating group) is 1. The van der Waals surface area contributed by atoms with Gasteiger partial charge in [0.15, 0.2) is 0 Å². The Morgan fingerprint density at radius 3 is 2.59 bits per heavy atom. The lowest BCUT2D eigenvalue weighted by molar-refractivity contribution is -0.138. The van der Waals surface area contributed by atoms with Gasteiger partial charge in [-0.05, 0) is 92.0 Å². The molecule has 3 saturated carbocycles. The monoisotopic (exact) mass is 440 g/mol. The Hall–Kier alpha value is -2.37. The van der Waals surface area contributed by atoms with E-state index in [1.165, 1.54) is 24.3 Å².